The van der Waals surface area contributed by atoms with Crippen molar-refractivity contribution in [1.29, 1.82) is 0 Å². The van der Waals surface area contributed by atoms with Gasteiger partial charge in [0.2, 0.25) is 0 Å². The summed E-state index contributed by atoms with van der Waals surface area (Å²) in [6.45, 7) is 6.70. The van der Waals surface area contributed by atoms with Crippen molar-refractivity contribution in [2.24, 2.45) is 5.92 Å². The van der Waals surface area contributed by atoms with E-state index in [0.717, 1.165) is 57.3 Å². The summed E-state index contributed by atoms with van der Waals surface area (Å²) in [6.07, 6.45) is 7.09. The average molecular weight is 527 g/mol. The SMILES string of the molecule is C=C(c1cnc2ccc(-c3cc(Cl)c(C)c(Cl)c3)cc2c1NC1CCC(O)(OCNC)CC1)C1CC1. The number of aliphatic hydroxyl groups is 1. The summed E-state index contributed by atoms with van der Waals surface area (Å²) >= 11 is 12.9. The number of rotatable bonds is 8. The molecule has 2 aliphatic rings. The van der Waals surface area contributed by atoms with E-state index >= 15 is 0 Å². The third kappa shape index (κ3) is 5.27. The number of hydrogen-bond acceptors (Lipinski definition) is 5. The summed E-state index contributed by atoms with van der Waals surface area (Å²) in [5, 5.41) is 19.9. The predicted molar refractivity (Wildman–Crippen MR) is 150 cm³/mol. The molecule has 0 bridgehead atoms. The zero-order valence-corrected chi connectivity index (χ0v) is 22.3. The van der Waals surface area contributed by atoms with Crippen LogP contribution in [-0.4, -0.2) is 35.7 Å². The Morgan fingerprint density at radius 2 is 1.81 bits per heavy atom. The molecule has 2 aromatic carbocycles. The Hall–Kier alpha value is -2.15. The van der Waals surface area contributed by atoms with Crippen LogP contribution in [0.5, 0.6) is 0 Å². The average Bonchev–Trinajstić information content (AvgIpc) is 3.72. The Morgan fingerprint density at radius 1 is 1.11 bits per heavy atom. The van der Waals surface area contributed by atoms with E-state index in [4.69, 9.17) is 32.9 Å². The largest absolute Gasteiger partial charge is 0.381 e. The number of ether oxygens (including phenoxy) is 1. The highest BCUT2D eigenvalue weighted by molar-refractivity contribution is 6.36. The molecule has 2 aliphatic carbocycles. The number of allylic oxidation sites excluding steroid dienone is 1. The van der Waals surface area contributed by atoms with Crippen molar-refractivity contribution in [1.82, 2.24) is 10.3 Å². The summed E-state index contributed by atoms with van der Waals surface area (Å²) in [5.74, 6) is -0.548. The number of benzene rings is 2. The van der Waals surface area contributed by atoms with E-state index in [1.165, 1.54) is 12.8 Å². The van der Waals surface area contributed by atoms with Gasteiger partial charge in [0.25, 0.3) is 0 Å². The second kappa shape index (κ2) is 10.3. The summed E-state index contributed by atoms with van der Waals surface area (Å²) < 4.78 is 5.65. The van der Waals surface area contributed by atoms with Crippen LogP contribution in [0.4, 0.5) is 5.69 Å². The second-order valence-corrected chi connectivity index (χ2v) is 11.0. The van der Waals surface area contributed by atoms with Gasteiger partial charge in [0.15, 0.2) is 5.79 Å². The Bertz CT molecular complexity index is 1270. The van der Waals surface area contributed by atoms with Crippen molar-refractivity contribution >= 4 is 45.4 Å². The zero-order chi connectivity index (χ0) is 25.4. The number of nitrogens with zero attached hydrogens (tertiary/aromatic N) is 1. The van der Waals surface area contributed by atoms with E-state index in [0.29, 0.717) is 35.5 Å². The van der Waals surface area contributed by atoms with Gasteiger partial charge in [0.1, 0.15) is 0 Å². The van der Waals surface area contributed by atoms with Crippen LogP contribution in [0.25, 0.3) is 27.6 Å². The van der Waals surface area contributed by atoms with Crippen LogP contribution >= 0.6 is 23.2 Å². The lowest BCUT2D eigenvalue weighted by molar-refractivity contribution is -0.223. The van der Waals surface area contributed by atoms with Crippen LogP contribution in [-0.2, 0) is 4.74 Å². The maximum absolute atomic E-state index is 10.8. The normalized spacial score (nSPS) is 22.1. The molecule has 0 saturated heterocycles. The molecule has 2 saturated carbocycles. The lowest BCUT2D eigenvalue weighted by Crippen LogP contribution is -2.42. The lowest BCUT2D eigenvalue weighted by Gasteiger charge is -2.36. The highest BCUT2D eigenvalue weighted by Gasteiger charge is 2.35. The van der Waals surface area contributed by atoms with Gasteiger partial charge in [-0.25, -0.2) is 0 Å². The molecule has 5 rings (SSSR count). The molecule has 1 aromatic heterocycles. The molecule has 3 N–H and O–H groups in total. The fraction of sp³-hybridized carbons (Fsp3) is 0.414. The number of fused-ring (bicyclic) bond motifs is 1. The smallest absolute Gasteiger partial charge is 0.167 e. The van der Waals surface area contributed by atoms with Gasteiger partial charge >= 0.3 is 0 Å². The lowest BCUT2D eigenvalue weighted by atomic mass is 9.89. The van der Waals surface area contributed by atoms with Crippen molar-refractivity contribution in [3.63, 3.8) is 0 Å². The molecule has 2 fully saturated rings. The highest BCUT2D eigenvalue weighted by Crippen LogP contribution is 2.45. The molecule has 0 radical (unpaired) electrons. The van der Waals surface area contributed by atoms with Crippen LogP contribution in [0.3, 0.4) is 0 Å². The molecule has 190 valence electrons. The highest BCUT2D eigenvalue weighted by atomic mass is 35.5. The summed E-state index contributed by atoms with van der Waals surface area (Å²) in [6, 6.07) is 10.4. The van der Waals surface area contributed by atoms with Crippen molar-refractivity contribution in [2.75, 3.05) is 19.1 Å². The van der Waals surface area contributed by atoms with E-state index in [-0.39, 0.29) is 6.04 Å². The number of nitrogens with one attached hydrogen (secondary N) is 2. The van der Waals surface area contributed by atoms with E-state index in [1.54, 1.807) is 0 Å². The molecule has 3 aromatic rings. The molecule has 5 nitrogen and oxygen atoms in total. The summed E-state index contributed by atoms with van der Waals surface area (Å²) in [4.78, 5) is 4.79. The number of halogens is 2. The minimum Gasteiger partial charge on any atom is -0.381 e. The molecule has 1 heterocycles. The summed E-state index contributed by atoms with van der Waals surface area (Å²) in [7, 11) is 1.81. The maximum Gasteiger partial charge on any atom is 0.167 e. The first-order valence-corrected chi connectivity index (χ1v) is 13.4. The molecule has 7 heteroatoms. The fourth-order valence-corrected chi connectivity index (χ4v) is 5.49. The number of aromatic nitrogens is 1. The molecule has 0 unspecified atom stereocenters. The van der Waals surface area contributed by atoms with Crippen molar-refractivity contribution < 1.29 is 9.84 Å². The second-order valence-electron chi connectivity index (χ2n) is 10.2. The predicted octanol–water partition coefficient (Wildman–Crippen LogP) is 7.18. The van der Waals surface area contributed by atoms with Crippen LogP contribution in [0.2, 0.25) is 10.0 Å². The third-order valence-corrected chi connectivity index (χ3v) is 8.28. The number of hydrogen-bond donors (Lipinski definition) is 3. The zero-order valence-electron chi connectivity index (χ0n) is 20.8. The molecular weight excluding hydrogens is 493 g/mol. The summed E-state index contributed by atoms with van der Waals surface area (Å²) in [5.41, 5.74) is 7.09. The minimum absolute atomic E-state index is 0.215. The van der Waals surface area contributed by atoms with Crippen LogP contribution in [0.1, 0.15) is 49.7 Å². The Balaban J connectivity index is 1.51. The fourth-order valence-electron chi connectivity index (χ4n) is 5.00. The molecule has 36 heavy (non-hydrogen) atoms. The first-order chi connectivity index (χ1) is 17.3. The number of anilines is 1. The van der Waals surface area contributed by atoms with E-state index in [9.17, 15) is 5.11 Å². The quantitative estimate of drug-likeness (QED) is 0.272. The molecule has 0 spiro atoms. The van der Waals surface area contributed by atoms with Crippen LogP contribution < -0.4 is 10.6 Å². The third-order valence-electron chi connectivity index (χ3n) is 7.50. The first-order valence-electron chi connectivity index (χ1n) is 12.6. The van der Waals surface area contributed by atoms with Gasteiger partial charge in [0, 0.05) is 46.1 Å². The molecule has 0 atom stereocenters. The monoisotopic (exact) mass is 525 g/mol. The Morgan fingerprint density at radius 3 is 2.44 bits per heavy atom. The molecule has 0 amide bonds. The number of pyridine rings is 1. The topological polar surface area (TPSA) is 66.4 Å². The van der Waals surface area contributed by atoms with Crippen molar-refractivity contribution in [2.45, 2.75) is 57.3 Å². The van der Waals surface area contributed by atoms with Crippen molar-refractivity contribution in [3.8, 4) is 11.1 Å². The Labute approximate surface area is 222 Å². The Kier molecular flexibility index (Phi) is 7.30. The van der Waals surface area contributed by atoms with Gasteiger partial charge in [-0.2, -0.15) is 0 Å². The van der Waals surface area contributed by atoms with Gasteiger partial charge in [0.05, 0.1) is 17.9 Å². The maximum atomic E-state index is 10.8. The van der Waals surface area contributed by atoms with Gasteiger partial charge in [-0.05, 0) is 92.1 Å². The van der Waals surface area contributed by atoms with Gasteiger partial charge in [-0.3, -0.25) is 10.3 Å². The van der Waals surface area contributed by atoms with Gasteiger partial charge in [-0.1, -0.05) is 35.8 Å². The van der Waals surface area contributed by atoms with Gasteiger partial charge in [-0.15, -0.1) is 0 Å². The van der Waals surface area contributed by atoms with Crippen molar-refractivity contribution in [3.05, 3.63) is 64.3 Å². The minimum atomic E-state index is -1.07. The first kappa shape index (κ1) is 25.5. The standard InChI is InChI=1S/C29H33Cl2N3O2/c1-17(19-4-5-19)24-15-33-27-7-6-20(21-13-25(30)18(2)26(31)14-21)12-23(27)28(24)34-22-8-10-29(35,11-9-22)36-16-32-3/h6-7,12-15,19,22,32,35H,1,4-5,8-11,16H2,2-3H3,(H,33,34). The van der Waals surface area contributed by atoms with E-state index in [1.807, 2.05) is 38.4 Å². The molecular formula is C29H33Cl2N3O2. The van der Waals surface area contributed by atoms with Gasteiger partial charge < -0.3 is 15.2 Å². The van der Waals surface area contributed by atoms with Crippen LogP contribution in [0.15, 0.2) is 43.1 Å². The van der Waals surface area contributed by atoms with E-state index < -0.39 is 5.79 Å². The molecule has 0 aliphatic heterocycles. The van der Waals surface area contributed by atoms with Crippen LogP contribution in [0, 0.1) is 12.8 Å². The van der Waals surface area contributed by atoms with E-state index in [2.05, 4.69) is 29.3 Å².